The first-order valence-corrected chi connectivity index (χ1v) is 6.84. The van der Waals surface area contributed by atoms with E-state index in [4.69, 9.17) is 9.63 Å². The van der Waals surface area contributed by atoms with Gasteiger partial charge in [0.2, 0.25) is 11.7 Å². The Hall–Kier alpha value is -1.41. The van der Waals surface area contributed by atoms with Crippen molar-refractivity contribution in [2.45, 2.75) is 5.75 Å². The third-order valence-electron chi connectivity index (χ3n) is 1.89. The van der Waals surface area contributed by atoms with Gasteiger partial charge in [0.25, 0.3) is 0 Å². The summed E-state index contributed by atoms with van der Waals surface area (Å²) < 4.78 is 5.79. The van der Waals surface area contributed by atoms with Crippen molar-refractivity contribution in [1.82, 2.24) is 15.1 Å². The van der Waals surface area contributed by atoms with E-state index in [1.54, 1.807) is 12.3 Å². The molecule has 0 saturated carbocycles. The van der Waals surface area contributed by atoms with Crippen molar-refractivity contribution in [3.8, 4) is 11.5 Å². The Kier molecular flexibility index (Phi) is 4.32. The van der Waals surface area contributed by atoms with E-state index in [0.717, 1.165) is 4.47 Å². The molecule has 0 aliphatic carbocycles. The van der Waals surface area contributed by atoms with E-state index in [2.05, 4.69) is 31.1 Å². The first kappa shape index (κ1) is 13.0. The Morgan fingerprint density at radius 1 is 1.56 bits per heavy atom. The van der Waals surface area contributed by atoms with Gasteiger partial charge < -0.3 is 9.63 Å². The van der Waals surface area contributed by atoms with Gasteiger partial charge in [-0.3, -0.25) is 9.78 Å². The summed E-state index contributed by atoms with van der Waals surface area (Å²) in [6.07, 6.45) is 1.63. The fourth-order valence-corrected chi connectivity index (χ4v) is 2.19. The average molecular weight is 330 g/mol. The number of aromatic nitrogens is 3. The zero-order valence-electron chi connectivity index (χ0n) is 9.04. The molecule has 2 rings (SSSR count). The maximum atomic E-state index is 10.4. The molecule has 0 saturated heterocycles. The lowest BCUT2D eigenvalue weighted by Crippen LogP contribution is -1.98. The molecule has 94 valence electrons. The standard InChI is InChI=1S/C10H8BrN3O3S/c11-6-2-1-3-12-9(6)10-13-7(17-14-10)4-18-5-8(15)16/h1-3H,4-5H2,(H,15,16). The summed E-state index contributed by atoms with van der Waals surface area (Å²) in [5.41, 5.74) is 0.593. The van der Waals surface area contributed by atoms with Crippen LogP contribution >= 0.6 is 27.7 Å². The van der Waals surface area contributed by atoms with Crippen LogP contribution in [0.4, 0.5) is 0 Å². The number of aliphatic carboxylic acids is 1. The smallest absolute Gasteiger partial charge is 0.313 e. The number of hydrogen-bond acceptors (Lipinski definition) is 6. The van der Waals surface area contributed by atoms with Gasteiger partial charge in [0, 0.05) is 10.7 Å². The third kappa shape index (κ3) is 3.30. The van der Waals surface area contributed by atoms with Gasteiger partial charge in [0.1, 0.15) is 5.69 Å². The summed E-state index contributed by atoms with van der Waals surface area (Å²) in [6, 6.07) is 3.62. The van der Waals surface area contributed by atoms with Crippen LogP contribution in [0, 0.1) is 0 Å². The minimum atomic E-state index is -0.868. The van der Waals surface area contributed by atoms with Gasteiger partial charge in [-0.25, -0.2) is 0 Å². The molecule has 0 atom stereocenters. The zero-order valence-corrected chi connectivity index (χ0v) is 11.4. The molecule has 0 aromatic carbocycles. The molecule has 1 N–H and O–H groups in total. The van der Waals surface area contributed by atoms with Gasteiger partial charge in [0.15, 0.2) is 0 Å². The van der Waals surface area contributed by atoms with Crippen molar-refractivity contribution in [2.24, 2.45) is 0 Å². The number of halogens is 1. The number of thioether (sulfide) groups is 1. The lowest BCUT2D eigenvalue weighted by atomic mass is 10.3. The summed E-state index contributed by atoms with van der Waals surface area (Å²) in [7, 11) is 0. The fraction of sp³-hybridized carbons (Fsp3) is 0.200. The Bertz CT molecular complexity index is 561. The Labute approximate surface area is 115 Å². The van der Waals surface area contributed by atoms with E-state index in [9.17, 15) is 4.79 Å². The molecule has 0 radical (unpaired) electrons. The van der Waals surface area contributed by atoms with Crippen LogP contribution in [0.3, 0.4) is 0 Å². The lowest BCUT2D eigenvalue weighted by Gasteiger charge is -1.95. The van der Waals surface area contributed by atoms with E-state index in [1.165, 1.54) is 11.8 Å². The molecule has 6 nitrogen and oxygen atoms in total. The number of nitrogens with zero attached hydrogens (tertiary/aromatic N) is 3. The van der Waals surface area contributed by atoms with Gasteiger partial charge in [-0.2, -0.15) is 4.98 Å². The molecule has 8 heteroatoms. The van der Waals surface area contributed by atoms with Crippen LogP contribution in [-0.2, 0) is 10.5 Å². The molecular formula is C10H8BrN3O3S. The van der Waals surface area contributed by atoms with Gasteiger partial charge in [-0.1, -0.05) is 5.16 Å². The van der Waals surface area contributed by atoms with Crippen LogP contribution in [0.1, 0.15) is 5.89 Å². The number of hydrogen-bond donors (Lipinski definition) is 1. The summed E-state index contributed by atoms with van der Waals surface area (Å²) in [4.78, 5) is 18.6. The molecular weight excluding hydrogens is 322 g/mol. The number of carbonyl (C=O) groups is 1. The predicted molar refractivity (Wildman–Crippen MR) is 69.0 cm³/mol. The van der Waals surface area contributed by atoms with Gasteiger partial charge >= 0.3 is 5.97 Å². The Morgan fingerprint density at radius 3 is 3.11 bits per heavy atom. The number of carboxylic acids is 1. The van der Waals surface area contributed by atoms with Crippen LogP contribution < -0.4 is 0 Å². The Morgan fingerprint density at radius 2 is 2.39 bits per heavy atom. The van der Waals surface area contributed by atoms with E-state index in [1.807, 2.05) is 6.07 Å². The molecule has 0 aliphatic heterocycles. The molecule has 18 heavy (non-hydrogen) atoms. The highest BCUT2D eigenvalue weighted by atomic mass is 79.9. The first-order chi connectivity index (χ1) is 8.66. The average Bonchev–Trinajstić information content (AvgIpc) is 2.78. The Balaban J connectivity index is 2.06. The third-order valence-corrected chi connectivity index (χ3v) is 3.43. The van der Waals surface area contributed by atoms with Crippen LogP contribution in [0.25, 0.3) is 11.5 Å². The molecule has 0 spiro atoms. The van der Waals surface area contributed by atoms with Crippen molar-refractivity contribution in [3.63, 3.8) is 0 Å². The number of carboxylic acid groups (broad SMARTS) is 1. The second kappa shape index (κ2) is 5.96. The van der Waals surface area contributed by atoms with Crippen molar-refractivity contribution < 1.29 is 14.4 Å². The van der Waals surface area contributed by atoms with E-state index >= 15 is 0 Å². The normalized spacial score (nSPS) is 10.5. The second-order valence-corrected chi connectivity index (χ2v) is 5.07. The minimum absolute atomic E-state index is 0.00496. The molecule has 0 aliphatic rings. The minimum Gasteiger partial charge on any atom is -0.481 e. The van der Waals surface area contributed by atoms with Gasteiger partial charge in [-0.05, 0) is 28.1 Å². The molecule has 0 amide bonds. The maximum Gasteiger partial charge on any atom is 0.313 e. The fourth-order valence-electron chi connectivity index (χ4n) is 1.19. The molecule has 2 aromatic heterocycles. The van der Waals surface area contributed by atoms with E-state index < -0.39 is 5.97 Å². The molecule has 0 fully saturated rings. The van der Waals surface area contributed by atoms with Gasteiger partial charge in [-0.15, -0.1) is 11.8 Å². The highest BCUT2D eigenvalue weighted by Crippen LogP contribution is 2.23. The first-order valence-electron chi connectivity index (χ1n) is 4.90. The van der Waals surface area contributed by atoms with Crippen LogP contribution in [0.15, 0.2) is 27.3 Å². The highest BCUT2D eigenvalue weighted by molar-refractivity contribution is 9.10. The van der Waals surface area contributed by atoms with Crippen LogP contribution in [-0.4, -0.2) is 32.0 Å². The van der Waals surface area contributed by atoms with Gasteiger partial charge in [0.05, 0.1) is 11.5 Å². The molecule has 2 aromatic rings. The van der Waals surface area contributed by atoms with Crippen molar-refractivity contribution in [1.29, 1.82) is 0 Å². The largest absolute Gasteiger partial charge is 0.481 e. The van der Waals surface area contributed by atoms with Crippen molar-refractivity contribution in [2.75, 3.05) is 5.75 Å². The van der Waals surface area contributed by atoms with E-state index in [0.29, 0.717) is 23.2 Å². The SMILES string of the molecule is O=C(O)CSCc1nc(-c2ncccc2Br)no1. The van der Waals surface area contributed by atoms with Crippen molar-refractivity contribution >= 4 is 33.7 Å². The summed E-state index contributed by atoms with van der Waals surface area (Å²) in [5, 5.41) is 12.3. The summed E-state index contributed by atoms with van der Waals surface area (Å²) >= 11 is 4.55. The van der Waals surface area contributed by atoms with Crippen molar-refractivity contribution in [3.05, 3.63) is 28.7 Å². The topological polar surface area (TPSA) is 89.1 Å². The maximum absolute atomic E-state index is 10.4. The monoisotopic (exact) mass is 329 g/mol. The lowest BCUT2D eigenvalue weighted by molar-refractivity contribution is -0.133. The predicted octanol–water partition coefficient (Wildman–Crippen LogP) is 2.21. The summed E-state index contributed by atoms with van der Waals surface area (Å²) in [5.74, 6) is 0.267. The molecule has 0 bridgehead atoms. The quantitative estimate of drug-likeness (QED) is 0.899. The summed E-state index contributed by atoms with van der Waals surface area (Å²) in [6.45, 7) is 0. The molecule has 2 heterocycles. The zero-order chi connectivity index (χ0) is 13.0. The van der Waals surface area contributed by atoms with Crippen LogP contribution in [0.2, 0.25) is 0 Å². The van der Waals surface area contributed by atoms with E-state index in [-0.39, 0.29) is 5.75 Å². The highest BCUT2D eigenvalue weighted by Gasteiger charge is 2.12. The number of pyridine rings is 1. The second-order valence-electron chi connectivity index (χ2n) is 3.23. The van der Waals surface area contributed by atoms with Crippen LogP contribution in [0.5, 0.6) is 0 Å². The molecule has 0 unspecified atom stereocenters. The number of rotatable bonds is 5.